The fraction of sp³-hybridized carbons (Fsp3) is 0.846. The zero-order chi connectivity index (χ0) is 12.4. The van der Waals surface area contributed by atoms with E-state index < -0.39 is 0 Å². The maximum Gasteiger partial charge on any atom is 0.225 e. The van der Waals surface area contributed by atoms with Crippen LogP contribution in [-0.4, -0.2) is 35.8 Å². The second-order valence-electron chi connectivity index (χ2n) is 5.54. The third-order valence-corrected chi connectivity index (χ3v) is 3.53. The number of hydrogen-bond donors (Lipinski definition) is 1. The van der Waals surface area contributed by atoms with Crippen LogP contribution in [0.25, 0.3) is 0 Å². The van der Waals surface area contributed by atoms with Gasteiger partial charge in [0.2, 0.25) is 11.8 Å². The van der Waals surface area contributed by atoms with Crippen molar-refractivity contribution in [2.75, 3.05) is 13.1 Å². The van der Waals surface area contributed by atoms with Gasteiger partial charge < -0.3 is 10.2 Å². The van der Waals surface area contributed by atoms with Crippen LogP contribution in [0.15, 0.2) is 0 Å². The van der Waals surface area contributed by atoms with Gasteiger partial charge in [-0.25, -0.2) is 0 Å². The summed E-state index contributed by atoms with van der Waals surface area (Å²) in [4.78, 5) is 25.6. The van der Waals surface area contributed by atoms with Gasteiger partial charge in [-0.1, -0.05) is 0 Å². The molecule has 0 unspecified atom stereocenters. The summed E-state index contributed by atoms with van der Waals surface area (Å²) in [6, 6.07) is 0.202. The Kier molecular flexibility index (Phi) is 3.69. The Labute approximate surface area is 103 Å². The molecule has 1 N–H and O–H groups in total. The summed E-state index contributed by atoms with van der Waals surface area (Å²) in [7, 11) is 0. The van der Waals surface area contributed by atoms with Crippen molar-refractivity contribution in [2.24, 2.45) is 11.8 Å². The maximum atomic E-state index is 11.8. The van der Waals surface area contributed by atoms with Gasteiger partial charge in [-0.2, -0.15) is 0 Å². The molecular formula is C13H22N2O2. The molecule has 0 atom stereocenters. The average molecular weight is 238 g/mol. The molecule has 0 aromatic heterocycles. The lowest BCUT2D eigenvalue weighted by Crippen LogP contribution is -2.44. The van der Waals surface area contributed by atoms with Gasteiger partial charge in [-0.05, 0) is 39.5 Å². The Hall–Kier alpha value is -1.06. The van der Waals surface area contributed by atoms with Crippen molar-refractivity contribution >= 4 is 11.8 Å². The van der Waals surface area contributed by atoms with Crippen LogP contribution in [0.1, 0.15) is 39.5 Å². The second-order valence-corrected chi connectivity index (χ2v) is 5.54. The lowest BCUT2D eigenvalue weighted by atomic mass is 9.95. The van der Waals surface area contributed by atoms with E-state index >= 15 is 0 Å². The van der Waals surface area contributed by atoms with Gasteiger partial charge in [-0.15, -0.1) is 0 Å². The molecule has 17 heavy (non-hydrogen) atoms. The molecule has 4 heteroatoms. The molecule has 2 fully saturated rings. The topological polar surface area (TPSA) is 49.4 Å². The van der Waals surface area contributed by atoms with Gasteiger partial charge in [0.15, 0.2) is 0 Å². The number of hydrogen-bond acceptors (Lipinski definition) is 2. The van der Waals surface area contributed by atoms with E-state index in [-0.39, 0.29) is 17.9 Å². The Bertz CT molecular complexity index is 303. The molecule has 1 aliphatic heterocycles. The number of rotatable bonds is 3. The third-order valence-electron chi connectivity index (χ3n) is 3.53. The summed E-state index contributed by atoms with van der Waals surface area (Å²) in [6.45, 7) is 5.46. The van der Waals surface area contributed by atoms with E-state index in [9.17, 15) is 9.59 Å². The zero-order valence-corrected chi connectivity index (χ0v) is 10.7. The SMILES string of the molecule is CC(C)NC(=O)C1CCN(C(=O)C2CC2)CC1. The second kappa shape index (κ2) is 5.07. The van der Waals surface area contributed by atoms with Crippen molar-refractivity contribution < 1.29 is 9.59 Å². The van der Waals surface area contributed by atoms with Crippen LogP contribution < -0.4 is 5.32 Å². The summed E-state index contributed by atoms with van der Waals surface area (Å²) >= 11 is 0. The maximum absolute atomic E-state index is 11.8. The monoisotopic (exact) mass is 238 g/mol. The highest BCUT2D eigenvalue weighted by Gasteiger charge is 2.35. The van der Waals surface area contributed by atoms with Gasteiger partial charge in [0.05, 0.1) is 0 Å². The van der Waals surface area contributed by atoms with E-state index in [4.69, 9.17) is 0 Å². The molecule has 0 aromatic rings. The summed E-state index contributed by atoms with van der Waals surface area (Å²) in [5.74, 6) is 0.864. The number of likely N-dealkylation sites (tertiary alicyclic amines) is 1. The summed E-state index contributed by atoms with van der Waals surface area (Å²) < 4.78 is 0. The van der Waals surface area contributed by atoms with E-state index in [2.05, 4.69) is 5.32 Å². The summed E-state index contributed by atoms with van der Waals surface area (Å²) in [5.41, 5.74) is 0. The van der Waals surface area contributed by atoms with E-state index in [1.54, 1.807) is 0 Å². The number of nitrogens with one attached hydrogen (secondary N) is 1. The van der Waals surface area contributed by atoms with Gasteiger partial charge >= 0.3 is 0 Å². The molecule has 1 saturated heterocycles. The van der Waals surface area contributed by atoms with Crippen molar-refractivity contribution in [2.45, 2.75) is 45.6 Å². The predicted octanol–water partition coefficient (Wildman–Crippen LogP) is 1.16. The van der Waals surface area contributed by atoms with E-state index in [1.165, 1.54) is 0 Å². The number of nitrogens with zero attached hydrogens (tertiary/aromatic N) is 1. The largest absolute Gasteiger partial charge is 0.354 e. The van der Waals surface area contributed by atoms with Crippen molar-refractivity contribution in [3.63, 3.8) is 0 Å². The van der Waals surface area contributed by atoms with E-state index in [0.29, 0.717) is 11.8 Å². The molecule has 2 aliphatic rings. The van der Waals surface area contributed by atoms with Crippen molar-refractivity contribution in [3.8, 4) is 0 Å². The van der Waals surface area contributed by atoms with Gasteiger partial charge in [-0.3, -0.25) is 9.59 Å². The predicted molar refractivity (Wildman–Crippen MR) is 65.3 cm³/mol. The molecule has 2 rings (SSSR count). The van der Waals surface area contributed by atoms with Crippen LogP contribution in [0, 0.1) is 11.8 Å². The Balaban J connectivity index is 1.77. The number of carbonyl (C=O) groups excluding carboxylic acids is 2. The molecule has 4 nitrogen and oxygen atoms in total. The normalized spacial score (nSPS) is 21.7. The highest BCUT2D eigenvalue weighted by molar-refractivity contribution is 5.82. The van der Waals surface area contributed by atoms with Gasteiger partial charge in [0.1, 0.15) is 0 Å². The molecule has 1 heterocycles. The van der Waals surface area contributed by atoms with Gasteiger partial charge in [0, 0.05) is 31.0 Å². The minimum Gasteiger partial charge on any atom is -0.354 e. The van der Waals surface area contributed by atoms with Gasteiger partial charge in [0.25, 0.3) is 0 Å². The van der Waals surface area contributed by atoms with Crippen LogP contribution in [0.3, 0.4) is 0 Å². The first-order valence-corrected chi connectivity index (χ1v) is 6.67. The molecule has 0 spiro atoms. The van der Waals surface area contributed by atoms with Crippen molar-refractivity contribution in [3.05, 3.63) is 0 Å². The van der Waals surface area contributed by atoms with Crippen LogP contribution in [0.5, 0.6) is 0 Å². The van der Waals surface area contributed by atoms with Crippen LogP contribution in [-0.2, 0) is 9.59 Å². The fourth-order valence-corrected chi connectivity index (χ4v) is 2.35. The van der Waals surface area contributed by atoms with Crippen LogP contribution in [0.2, 0.25) is 0 Å². The first-order valence-electron chi connectivity index (χ1n) is 6.67. The van der Waals surface area contributed by atoms with E-state index in [1.807, 2.05) is 18.7 Å². The minimum atomic E-state index is 0.0978. The zero-order valence-electron chi connectivity index (χ0n) is 10.7. The Morgan fingerprint density at radius 1 is 1.06 bits per heavy atom. The van der Waals surface area contributed by atoms with Crippen LogP contribution >= 0.6 is 0 Å². The molecule has 96 valence electrons. The average Bonchev–Trinajstić information content (AvgIpc) is 3.11. The first-order chi connectivity index (χ1) is 8.08. The van der Waals surface area contributed by atoms with Crippen molar-refractivity contribution in [1.82, 2.24) is 10.2 Å². The summed E-state index contributed by atoms with van der Waals surface area (Å²) in [5, 5.41) is 2.95. The lowest BCUT2D eigenvalue weighted by Gasteiger charge is -2.31. The molecular weight excluding hydrogens is 216 g/mol. The highest BCUT2D eigenvalue weighted by Crippen LogP contribution is 2.32. The quantitative estimate of drug-likeness (QED) is 0.802. The number of carbonyl (C=O) groups is 2. The van der Waals surface area contributed by atoms with E-state index in [0.717, 1.165) is 38.8 Å². The molecule has 0 aromatic carbocycles. The molecule has 0 radical (unpaired) electrons. The molecule has 1 saturated carbocycles. The number of piperidine rings is 1. The Morgan fingerprint density at radius 3 is 2.12 bits per heavy atom. The van der Waals surface area contributed by atoms with Crippen LogP contribution in [0.4, 0.5) is 0 Å². The Morgan fingerprint density at radius 2 is 1.65 bits per heavy atom. The molecule has 2 amide bonds. The fourth-order valence-electron chi connectivity index (χ4n) is 2.35. The summed E-state index contributed by atoms with van der Waals surface area (Å²) in [6.07, 6.45) is 3.76. The highest BCUT2D eigenvalue weighted by atomic mass is 16.2. The smallest absolute Gasteiger partial charge is 0.225 e. The number of amides is 2. The molecule has 1 aliphatic carbocycles. The molecule has 0 bridgehead atoms. The first kappa shape index (κ1) is 12.4. The standard InChI is InChI=1S/C13H22N2O2/c1-9(2)14-12(16)10-5-7-15(8-6-10)13(17)11-3-4-11/h9-11H,3-8H2,1-2H3,(H,14,16). The van der Waals surface area contributed by atoms with Crippen molar-refractivity contribution in [1.29, 1.82) is 0 Å². The minimum absolute atomic E-state index is 0.0978. The third kappa shape index (κ3) is 3.20. The lowest BCUT2D eigenvalue weighted by molar-refractivity contribution is -0.136.